The van der Waals surface area contributed by atoms with Crippen LogP contribution in [0.1, 0.15) is 57.0 Å². The highest BCUT2D eigenvalue weighted by Crippen LogP contribution is 2.32. The van der Waals surface area contributed by atoms with E-state index in [0.717, 1.165) is 5.56 Å². The Morgan fingerprint density at radius 1 is 1.25 bits per heavy atom. The molecule has 1 aromatic rings. The van der Waals surface area contributed by atoms with Crippen LogP contribution in [-0.2, 0) is 9.53 Å². The number of carbonyl (C=O) groups is 3. The average molecular weight is 389 g/mol. The Hall–Kier alpha value is -2.57. The molecular formula is C21H31N3O4. The monoisotopic (exact) mass is 389 g/mol. The SMILES string of the molecule is Cc1ccc(NC(=O)C2CCN(C(=O)OC(C)(C)C)C2C(C)C)cc1C(N)=O. The van der Waals surface area contributed by atoms with Gasteiger partial charge in [-0.15, -0.1) is 0 Å². The summed E-state index contributed by atoms with van der Waals surface area (Å²) in [5.74, 6) is -0.981. The third-order valence-corrected chi connectivity index (χ3v) is 4.87. The lowest BCUT2D eigenvalue weighted by Crippen LogP contribution is -2.46. The number of ether oxygens (including phenoxy) is 1. The standard InChI is InChI=1S/C21H31N3O4/c1-12(2)17-15(9-10-24(17)20(27)28-21(4,5)6)19(26)23-14-8-7-13(3)16(11-14)18(22)25/h7-8,11-12,15,17H,9-10H2,1-6H3,(H2,22,25)(H,23,26). The number of primary amides is 1. The number of carbonyl (C=O) groups excluding carboxylic acids is 3. The summed E-state index contributed by atoms with van der Waals surface area (Å²) < 4.78 is 5.51. The molecule has 1 aromatic carbocycles. The van der Waals surface area contributed by atoms with E-state index in [9.17, 15) is 14.4 Å². The summed E-state index contributed by atoms with van der Waals surface area (Å²) in [6.07, 6.45) is 0.162. The largest absolute Gasteiger partial charge is 0.444 e. The molecule has 28 heavy (non-hydrogen) atoms. The number of aryl methyl sites for hydroxylation is 1. The minimum absolute atomic E-state index is 0.0879. The van der Waals surface area contributed by atoms with Crippen LogP contribution in [0.2, 0.25) is 0 Å². The Labute approximate surface area is 166 Å². The second-order valence-electron chi connectivity index (χ2n) is 8.69. The predicted octanol–water partition coefficient (Wildman–Crippen LogP) is 3.31. The molecule has 0 radical (unpaired) electrons. The first kappa shape index (κ1) is 21.7. The third-order valence-electron chi connectivity index (χ3n) is 4.87. The first-order valence-corrected chi connectivity index (χ1v) is 9.61. The van der Waals surface area contributed by atoms with Gasteiger partial charge in [0.15, 0.2) is 0 Å². The summed E-state index contributed by atoms with van der Waals surface area (Å²) in [4.78, 5) is 38.7. The number of amides is 3. The van der Waals surface area contributed by atoms with Gasteiger partial charge in [0.2, 0.25) is 11.8 Å². The number of rotatable bonds is 4. The van der Waals surface area contributed by atoms with Crippen LogP contribution in [-0.4, -0.2) is 41.0 Å². The molecule has 0 bridgehead atoms. The maximum atomic E-state index is 12.9. The van der Waals surface area contributed by atoms with E-state index in [4.69, 9.17) is 10.5 Å². The van der Waals surface area contributed by atoms with E-state index >= 15 is 0 Å². The Balaban J connectivity index is 2.18. The molecule has 7 heteroatoms. The van der Waals surface area contributed by atoms with Gasteiger partial charge in [-0.05, 0) is 57.7 Å². The first-order chi connectivity index (χ1) is 12.9. The minimum Gasteiger partial charge on any atom is -0.444 e. The van der Waals surface area contributed by atoms with Gasteiger partial charge >= 0.3 is 6.09 Å². The molecule has 2 atom stereocenters. The van der Waals surface area contributed by atoms with Gasteiger partial charge in [-0.3, -0.25) is 9.59 Å². The maximum absolute atomic E-state index is 12.9. The molecule has 3 N–H and O–H groups in total. The molecule has 7 nitrogen and oxygen atoms in total. The summed E-state index contributed by atoms with van der Waals surface area (Å²) >= 11 is 0. The summed E-state index contributed by atoms with van der Waals surface area (Å²) in [5.41, 5.74) is 6.44. The number of hydrogen-bond acceptors (Lipinski definition) is 4. The molecule has 0 aromatic heterocycles. The molecule has 0 spiro atoms. The number of nitrogens with one attached hydrogen (secondary N) is 1. The van der Waals surface area contributed by atoms with E-state index in [1.807, 2.05) is 34.6 Å². The highest BCUT2D eigenvalue weighted by atomic mass is 16.6. The van der Waals surface area contributed by atoms with Crippen molar-refractivity contribution in [1.29, 1.82) is 0 Å². The van der Waals surface area contributed by atoms with Gasteiger partial charge in [-0.2, -0.15) is 0 Å². The van der Waals surface area contributed by atoms with Crippen LogP contribution >= 0.6 is 0 Å². The zero-order chi connectivity index (χ0) is 21.2. The van der Waals surface area contributed by atoms with Gasteiger partial charge in [-0.1, -0.05) is 19.9 Å². The Bertz CT molecular complexity index is 767. The topological polar surface area (TPSA) is 102 Å². The zero-order valence-corrected chi connectivity index (χ0v) is 17.5. The third kappa shape index (κ3) is 5.03. The van der Waals surface area contributed by atoms with Crippen LogP contribution in [0.5, 0.6) is 0 Å². The fourth-order valence-electron chi connectivity index (χ4n) is 3.66. The molecule has 1 aliphatic rings. The van der Waals surface area contributed by atoms with Crippen LogP contribution in [0.4, 0.5) is 10.5 Å². The van der Waals surface area contributed by atoms with Crippen molar-refractivity contribution in [3.63, 3.8) is 0 Å². The average Bonchev–Trinajstić information content (AvgIpc) is 3.00. The lowest BCUT2D eigenvalue weighted by atomic mass is 9.90. The number of hydrogen-bond donors (Lipinski definition) is 2. The fourth-order valence-corrected chi connectivity index (χ4v) is 3.66. The molecule has 1 aliphatic heterocycles. The molecule has 1 heterocycles. The Morgan fingerprint density at radius 3 is 2.43 bits per heavy atom. The maximum Gasteiger partial charge on any atom is 0.410 e. The molecule has 2 unspecified atom stereocenters. The first-order valence-electron chi connectivity index (χ1n) is 9.61. The molecule has 1 saturated heterocycles. The van der Waals surface area contributed by atoms with Crippen LogP contribution in [0.15, 0.2) is 18.2 Å². The lowest BCUT2D eigenvalue weighted by Gasteiger charge is -2.32. The van der Waals surface area contributed by atoms with Crippen molar-refractivity contribution in [1.82, 2.24) is 4.90 Å². The smallest absolute Gasteiger partial charge is 0.410 e. The van der Waals surface area contributed by atoms with Crippen molar-refractivity contribution in [2.45, 2.75) is 59.6 Å². The zero-order valence-electron chi connectivity index (χ0n) is 17.5. The summed E-state index contributed by atoms with van der Waals surface area (Å²) in [6, 6.07) is 4.82. The molecule has 154 valence electrons. The predicted molar refractivity (Wildman–Crippen MR) is 108 cm³/mol. The Morgan fingerprint density at radius 2 is 1.89 bits per heavy atom. The summed E-state index contributed by atoms with van der Waals surface area (Å²) in [5, 5.41) is 2.87. The molecule has 0 saturated carbocycles. The minimum atomic E-state index is -0.591. The summed E-state index contributed by atoms with van der Waals surface area (Å²) in [6.45, 7) is 11.7. The molecule has 1 fully saturated rings. The van der Waals surface area contributed by atoms with Crippen LogP contribution in [0.3, 0.4) is 0 Å². The quantitative estimate of drug-likeness (QED) is 0.825. The number of nitrogens with zero attached hydrogens (tertiary/aromatic N) is 1. The number of benzene rings is 1. The van der Waals surface area contributed by atoms with Crippen molar-refractivity contribution < 1.29 is 19.1 Å². The van der Waals surface area contributed by atoms with Gasteiger partial charge in [0, 0.05) is 23.8 Å². The molecular weight excluding hydrogens is 358 g/mol. The van der Waals surface area contributed by atoms with Crippen molar-refractivity contribution in [3.8, 4) is 0 Å². The van der Waals surface area contributed by atoms with Crippen LogP contribution < -0.4 is 11.1 Å². The van der Waals surface area contributed by atoms with Gasteiger partial charge in [0.1, 0.15) is 5.60 Å². The van der Waals surface area contributed by atoms with E-state index in [-0.39, 0.29) is 23.8 Å². The number of nitrogens with two attached hydrogens (primary N) is 1. The fraction of sp³-hybridized carbons (Fsp3) is 0.571. The molecule has 0 aliphatic carbocycles. The number of likely N-dealkylation sites (tertiary alicyclic amines) is 1. The van der Waals surface area contributed by atoms with Gasteiger partial charge in [0.25, 0.3) is 0 Å². The molecule has 2 rings (SSSR count). The normalized spacial score (nSPS) is 19.6. The van der Waals surface area contributed by atoms with E-state index in [1.54, 1.807) is 30.0 Å². The van der Waals surface area contributed by atoms with Gasteiger partial charge < -0.3 is 20.7 Å². The Kier molecular flexibility index (Phi) is 6.37. The van der Waals surface area contributed by atoms with Crippen LogP contribution in [0, 0.1) is 18.8 Å². The molecule has 3 amide bonds. The second kappa shape index (κ2) is 8.20. The second-order valence-corrected chi connectivity index (χ2v) is 8.69. The van der Waals surface area contributed by atoms with Crippen molar-refractivity contribution in [3.05, 3.63) is 29.3 Å². The van der Waals surface area contributed by atoms with Crippen molar-refractivity contribution in [2.24, 2.45) is 17.6 Å². The summed E-state index contributed by atoms with van der Waals surface area (Å²) in [7, 11) is 0. The van der Waals surface area contributed by atoms with Gasteiger partial charge in [0.05, 0.1) is 5.92 Å². The lowest BCUT2D eigenvalue weighted by molar-refractivity contribution is -0.120. The van der Waals surface area contributed by atoms with Gasteiger partial charge in [-0.25, -0.2) is 4.79 Å². The van der Waals surface area contributed by atoms with E-state index in [1.165, 1.54) is 0 Å². The highest BCUT2D eigenvalue weighted by Gasteiger charge is 2.44. The van der Waals surface area contributed by atoms with E-state index in [2.05, 4.69) is 5.32 Å². The van der Waals surface area contributed by atoms with Crippen LogP contribution in [0.25, 0.3) is 0 Å². The number of anilines is 1. The van der Waals surface area contributed by atoms with E-state index in [0.29, 0.717) is 24.2 Å². The highest BCUT2D eigenvalue weighted by molar-refractivity contribution is 5.98. The van der Waals surface area contributed by atoms with Crippen molar-refractivity contribution in [2.75, 3.05) is 11.9 Å². The van der Waals surface area contributed by atoms with Crippen molar-refractivity contribution >= 4 is 23.6 Å². The van der Waals surface area contributed by atoms with E-state index < -0.39 is 17.6 Å².